The molecule has 0 aliphatic carbocycles. The first kappa shape index (κ1) is 12.9. The van der Waals surface area contributed by atoms with E-state index < -0.39 is 0 Å². The first-order valence-electron chi connectivity index (χ1n) is 6.66. The summed E-state index contributed by atoms with van der Waals surface area (Å²) in [5.41, 5.74) is 1.44. The van der Waals surface area contributed by atoms with Crippen LogP contribution in [0.4, 0.5) is 0 Å². The summed E-state index contributed by atoms with van der Waals surface area (Å²) in [5, 5.41) is 7.26. The second-order valence-electron chi connectivity index (χ2n) is 4.92. The summed E-state index contributed by atoms with van der Waals surface area (Å²) in [6.07, 6.45) is 4.26. The highest BCUT2D eigenvalue weighted by molar-refractivity contribution is 5.95. The van der Waals surface area contributed by atoms with E-state index in [9.17, 15) is 4.79 Å². The number of hydrogen-bond donors (Lipinski definition) is 1. The molecule has 6 heteroatoms. The van der Waals surface area contributed by atoms with Gasteiger partial charge in [-0.2, -0.15) is 5.10 Å². The average Bonchev–Trinajstić information content (AvgIpc) is 3.16. The van der Waals surface area contributed by atoms with Crippen LogP contribution in [0.25, 0.3) is 0 Å². The molecule has 1 fully saturated rings. The molecule has 1 aliphatic heterocycles. The summed E-state index contributed by atoms with van der Waals surface area (Å²) in [6, 6.07) is 3.63. The molecule has 1 aliphatic rings. The van der Waals surface area contributed by atoms with Crippen molar-refractivity contribution in [3.8, 4) is 0 Å². The number of carbonyl (C=O) groups is 1. The Morgan fingerprint density at radius 1 is 1.60 bits per heavy atom. The molecule has 0 unspecified atom stereocenters. The molecular weight excluding hydrogens is 258 g/mol. The van der Waals surface area contributed by atoms with Gasteiger partial charge in [-0.05, 0) is 18.6 Å². The lowest BCUT2D eigenvalue weighted by Crippen LogP contribution is -2.23. The summed E-state index contributed by atoms with van der Waals surface area (Å²) in [4.78, 5) is 12.3. The van der Waals surface area contributed by atoms with Gasteiger partial charge in [-0.15, -0.1) is 0 Å². The minimum atomic E-state index is -0.128. The SMILES string of the molecule is Cn1cc(C(=O)NCc2ccco2)c([C@@H]2CCOC2)n1. The Morgan fingerprint density at radius 2 is 2.50 bits per heavy atom. The van der Waals surface area contributed by atoms with Crippen LogP contribution in [-0.4, -0.2) is 28.9 Å². The summed E-state index contributed by atoms with van der Waals surface area (Å²) in [6.45, 7) is 1.74. The number of aryl methyl sites for hydroxylation is 1. The summed E-state index contributed by atoms with van der Waals surface area (Å²) in [7, 11) is 1.82. The quantitative estimate of drug-likeness (QED) is 0.917. The predicted octanol–water partition coefficient (Wildman–Crippen LogP) is 1.45. The van der Waals surface area contributed by atoms with E-state index in [-0.39, 0.29) is 11.8 Å². The third kappa shape index (κ3) is 2.60. The smallest absolute Gasteiger partial charge is 0.255 e. The normalized spacial score (nSPS) is 18.4. The number of rotatable bonds is 4. The van der Waals surface area contributed by atoms with E-state index in [0.717, 1.165) is 24.5 Å². The number of ether oxygens (including phenoxy) is 1. The second kappa shape index (κ2) is 5.50. The number of nitrogens with one attached hydrogen (secondary N) is 1. The number of amides is 1. The molecule has 6 nitrogen and oxygen atoms in total. The van der Waals surface area contributed by atoms with Crippen molar-refractivity contribution in [3.63, 3.8) is 0 Å². The minimum Gasteiger partial charge on any atom is -0.467 e. The van der Waals surface area contributed by atoms with Crippen molar-refractivity contribution in [2.45, 2.75) is 18.9 Å². The van der Waals surface area contributed by atoms with Crippen molar-refractivity contribution in [2.24, 2.45) is 7.05 Å². The highest BCUT2D eigenvalue weighted by Gasteiger charge is 2.26. The fourth-order valence-corrected chi connectivity index (χ4v) is 2.41. The topological polar surface area (TPSA) is 69.3 Å². The van der Waals surface area contributed by atoms with Crippen molar-refractivity contribution in [1.82, 2.24) is 15.1 Å². The first-order valence-corrected chi connectivity index (χ1v) is 6.66. The Balaban J connectivity index is 1.73. The van der Waals surface area contributed by atoms with Gasteiger partial charge in [-0.1, -0.05) is 0 Å². The van der Waals surface area contributed by atoms with Crippen molar-refractivity contribution in [2.75, 3.05) is 13.2 Å². The lowest BCUT2D eigenvalue weighted by Gasteiger charge is -2.07. The van der Waals surface area contributed by atoms with Crippen LogP contribution in [0.1, 0.15) is 34.2 Å². The van der Waals surface area contributed by atoms with E-state index in [2.05, 4.69) is 10.4 Å². The zero-order valence-corrected chi connectivity index (χ0v) is 11.3. The van der Waals surface area contributed by atoms with E-state index in [1.807, 2.05) is 13.1 Å². The molecule has 3 rings (SSSR count). The van der Waals surface area contributed by atoms with Gasteiger partial charge in [0.15, 0.2) is 0 Å². The van der Waals surface area contributed by atoms with Gasteiger partial charge in [0, 0.05) is 25.8 Å². The predicted molar refractivity (Wildman–Crippen MR) is 71.3 cm³/mol. The lowest BCUT2D eigenvalue weighted by atomic mass is 10.0. The third-order valence-electron chi connectivity index (χ3n) is 3.42. The molecule has 1 atom stereocenters. The minimum absolute atomic E-state index is 0.128. The monoisotopic (exact) mass is 275 g/mol. The molecule has 0 saturated carbocycles. The van der Waals surface area contributed by atoms with Crippen molar-refractivity contribution >= 4 is 5.91 Å². The summed E-state index contributed by atoms with van der Waals surface area (Å²) < 4.78 is 12.3. The molecule has 20 heavy (non-hydrogen) atoms. The largest absolute Gasteiger partial charge is 0.467 e. The van der Waals surface area contributed by atoms with Gasteiger partial charge in [0.1, 0.15) is 5.76 Å². The molecule has 3 heterocycles. The fraction of sp³-hybridized carbons (Fsp3) is 0.429. The Labute approximate surface area is 116 Å². The standard InChI is InChI=1S/C14H17N3O3/c1-17-8-12(13(16-17)10-4-6-19-9-10)14(18)15-7-11-3-2-5-20-11/h2-3,5,8,10H,4,6-7,9H2,1H3,(H,15,18)/t10-/m1/s1. The third-order valence-corrected chi connectivity index (χ3v) is 3.42. The molecular formula is C14H17N3O3. The van der Waals surface area contributed by atoms with Gasteiger partial charge in [0.25, 0.3) is 5.91 Å². The van der Waals surface area contributed by atoms with Crippen LogP contribution in [0.2, 0.25) is 0 Å². The van der Waals surface area contributed by atoms with Crippen LogP contribution < -0.4 is 5.32 Å². The molecule has 106 valence electrons. The molecule has 0 aromatic carbocycles. The van der Waals surface area contributed by atoms with E-state index in [1.165, 1.54) is 0 Å². The van der Waals surface area contributed by atoms with E-state index >= 15 is 0 Å². The van der Waals surface area contributed by atoms with Crippen molar-refractivity contribution < 1.29 is 13.9 Å². The van der Waals surface area contributed by atoms with Gasteiger partial charge in [0.2, 0.25) is 0 Å². The van der Waals surface area contributed by atoms with Crippen molar-refractivity contribution in [3.05, 3.63) is 41.6 Å². The Bertz CT molecular complexity index is 583. The molecule has 1 N–H and O–H groups in total. The van der Waals surface area contributed by atoms with E-state index in [4.69, 9.17) is 9.15 Å². The molecule has 2 aromatic heterocycles. The highest BCUT2D eigenvalue weighted by atomic mass is 16.5. The first-order chi connectivity index (χ1) is 9.74. The zero-order chi connectivity index (χ0) is 13.9. The summed E-state index contributed by atoms with van der Waals surface area (Å²) >= 11 is 0. The number of aromatic nitrogens is 2. The van der Waals surface area contributed by atoms with Crippen LogP contribution >= 0.6 is 0 Å². The molecule has 1 amide bonds. The maximum atomic E-state index is 12.3. The molecule has 0 bridgehead atoms. The summed E-state index contributed by atoms with van der Waals surface area (Å²) in [5.74, 6) is 0.810. The van der Waals surface area contributed by atoms with E-state index in [1.54, 1.807) is 23.2 Å². The Hall–Kier alpha value is -2.08. The number of furan rings is 1. The fourth-order valence-electron chi connectivity index (χ4n) is 2.41. The van der Waals surface area contributed by atoms with Crippen LogP contribution in [-0.2, 0) is 18.3 Å². The molecule has 0 spiro atoms. The molecule has 2 aromatic rings. The van der Waals surface area contributed by atoms with Crippen LogP contribution in [0.5, 0.6) is 0 Å². The molecule has 1 saturated heterocycles. The second-order valence-corrected chi connectivity index (χ2v) is 4.92. The van der Waals surface area contributed by atoms with Gasteiger partial charge >= 0.3 is 0 Å². The average molecular weight is 275 g/mol. The number of carbonyl (C=O) groups excluding carboxylic acids is 1. The number of nitrogens with zero attached hydrogens (tertiary/aromatic N) is 2. The highest BCUT2D eigenvalue weighted by Crippen LogP contribution is 2.26. The van der Waals surface area contributed by atoms with Gasteiger partial charge in [0.05, 0.1) is 30.7 Å². The van der Waals surface area contributed by atoms with Gasteiger partial charge in [-0.25, -0.2) is 0 Å². The zero-order valence-electron chi connectivity index (χ0n) is 11.3. The maximum absolute atomic E-state index is 12.3. The number of hydrogen-bond acceptors (Lipinski definition) is 4. The van der Waals surface area contributed by atoms with Gasteiger partial charge < -0.3 is 14.5 Å². The maximum Gasteiger partial charge on any atom is 0.255 e. The van der Waals surface area contributed by atoms with E-state index in [0.29, 0.717) is 18.7 Å². The Morgan fingerprint density at radius 3 is 3.20 bits per heavy atom. The van der Waals surface area contributed by atoms with Crippen molar-refractivity contribution in [1.29, 1.82) is 0 Å². The van der Waals surface area contributed by atoms with Crippen LogP contribution in [0, 0.1) is 0 Å². The Kier molecular flexibility index (Phi) is 3.56. The lowest BCUT2D eigenvalue weighted by molar-refractivity contribution is 0.0946. The van der Waals surface area contributed by atoms with Crippen LogP contribution in [0.3, 0.4) is 0 Å². The van der Waals surface area contributed by atoms with Gasteiger partial charge in [-0.3, -0.25) is 9.48 Å². The molecule has 0 radical (unpaired) electrons. The van der Waals surface area contributed by atoms with Crippen LogP contribution in [0.15, 0.2) is 29.0 Å².